The first kappa shape index (κ1) is 16.1. The number of fused-ring (bicyclic) bond motifs is 2. The van der Waals surface area contributed by atoms with Crippen LogP contribution in [0.4, 0.5) is 0 Å². The summed E-state index contributed by atoms with van der Waals surface area (Å²) < 4.78 is 5.81. The number of aromatic nitrogens is 3. The Labute approximate surface area is 156 Å². The molecule has 1 aliphatic carbocycles. The minimum absolute atomic E-state index is 0.0460. The number of nitrogens with zero attached hydrogens (tertiary/aromatic N) is 2. The molecular formula is C21H20N4O2. The number of carbonyl (C=O) groups excluding carboxylic acids is 1. The molecule has 1 fully saturated rings. The molecule has 0 bridgehead atoms. The fourth-order valence-electron chi connectivity index (χ4n) is 3.68. The molecular weight excluding hydrogens is 340 g/mol. The number of furan rings is 1. The zero-order valence-corrected chi connectivity index (χ0v) is 15.0. The second-order valence-electron chi connectivity index (χ2n) is 7.30. The van der Waals surface area contributed by atoms with E-state index in [-0.39, 0.29) is 11.9 Å². The molecule has 4 aromatic rings. The number of nitrogens with one attached hydrogen (secondary N) is 2. The summed E-state index contributed by atoms with van der Waals surface area (Å²) in [6.45, 7) is 1.94. The van der Waals surface area contributed by atoms with Gasteiger partial charge in [0.2, 0.25) is 5.91 Å². The van der Waals surface area contributed by atoms with Crippen LogP contribution in [0, 0.1) is 5.92 Å². The lowest BCUT2D eigenvalue weighted by Gasteiger charge is -2.11. The first-order valence-electron chi connectivity index (χ1n) is 9.25. The molecule has 0 radical (unpaired) electrons. The Morgan fingerprint density at radius 1 is 1.37 bits per heavy atom. The maximum Gasteiger partial charge on any atom is 0.220 e. The third-order valence-corrected chi connectivity index (χ3v) is 5.27. The Balaban J connectivity index is 1.21. The summed E-state index contributed by atoms with van der Waals surface area (Å²) >= 11 is 0. The molecule has 1 unspecified atom stereocenters. The van der Waals surface area contributed by atoms with Crippen LogP contribution in [0.1, 0.15) is 43.3 Å². The average molecular weight is 360 g/mol. The van der Waals surface area contributed by atoms with E-state index in [0.717, 1.165) is 40.0 Å². The third-order valence-electron chi connectivity index (χ3n) is 5.27. The van der Waals surface area contributed by atoms with Gasteiger partial charge in [0.1, 0.15) is 17.2 Å². The molecule has 136 valence electrons. The number of benzene rings is 1. The molecule has 1 saturated carbocycles. The summed E-state index contributed by atoms with van der Waals surface area (Å²) in [7, 11) is 0. The van der Waals surface area contributed by atoms with Crippen LogP contribution >= 0.6 is 0 Å². The van der Waals surface area contributed by atoms with E-state index in [2.05, 4.69) is 20.3 Å². The van der Waals surface area contributed by atoms with Gasteiger partial charge in [0, 0.05) is 30.1 Å². The van der Waals surface area contributed by atoms with Gasteiger partial charge in [-0.05, 0) is 43.5 Å². The van der Waals surface area contributed by atoms with E-state index >= 15 is 0 Å². The van der Waals surface area contributed by atoms with E-state index in [1.807, 2.05) is 43.3 Å². The Morgan fingerprint density at radius 3 is 3.11 bits per heavy atom. The largest absolute Gasteiger partial charge is 0.459 e. The summed E-state index contributed by atoms with van der Waals surface area (Å²) in [5.74, 6) is 2.47. The van der Waals surface area contributed by atoms with Crippen molar-refractivity contribution < 1.29 is 9.21 Å². The van der Waals surface area contributed by atoms with Gasteiger partial charge in [-0.3, -0.25) is 9.78 Å². The van der Waals surface area contributed by atoms with Crippen LogP contribution in [-0.2, 0) is 4.79 Å². The van der Waals surface area contributed by atoms with Crippen LogP contribution in [0.15, 0.2) is 53.2 Å². The molecule has 3 aromatic heterocycles. The van der Waals surface area contributed by atoms with Crippen LogP contribution in [-0.4, -0.2) is 20.9 Å². The van der Waals surface area contributed by atoms with Crippen molar-refractivity contribution in [1.29, 1.82) is 0 Å². The standard InChI is InChI=1S/C21H20N4O2/c1-12(19-9-14-11-22-7-6-18(14)27-19)23-20(26)10-13-8-15(13)21-24-16-4-2-3-5-17(16)25-21/h2-7,9,11-13,15H,8,10H2,1H3,(H,23,26)(H,24,25)/t12?,13-,15-/m0/s1. The number of H-pyrrole nitrogens is 1. The van der Waals surface area contributed by atoms with Crippen molar-refractivity contribution in [2.24, 2.45) is 5.92 Å². The van der Waals surface area contributed by atoms with E-state index < -0.39 is 0 Å². The highest BCUT2D eigenvalue weighted by atomic mass is 16.3. The topological polar surface area (TPSA) is 83.8 Å². The van der Waals surface area contributed by atoms with E-state index in [1.165, 1.54) is 0 Å². The molecule has 1 aromatic carbocycles. The highest BCUT2D eigenvalue weighted by Gasteiger charge is 2.41. The number of hydrogen-bond donors (Lipinski definition) is 2. The van der Waals surface area contributed by atoms with Gasteiger partial charge in [-0.15, -0.1) is 0 Å². The van der Waals surface area contributed by atoms with Gasteiger partial charge < -0.3 is 14.7 Å². The van der Waals surface area contributed by atoms with Gasteiger partial charge in [-0.2, -0.15) is 0 Å². The molecule has 6 heteroatoms. The van der Waals surface area contributed by atoms with Crippen LogP contribution in [0.3, 0.4) is 0 Å². The molecule has 5 rings (SSSR count). The van der Waals surface area contributed by atoms with E-state index in [0.29, 0.717) is 18.3 Å². The van der Waals surface area contributed by atoms with Crippen LogP contribution in [0.5, 0.6) is 0 Å². The lowest BCUT2D eigenvalue weighted by atomic mass is 10.2. The number of para-hydroxylation sites is 2. The second-order valence-corrected chi connectivity index (χ2v) is 7.30. The Hall–Kier alpha value is -3.15. The predicted molar refractivity (Wildman–Crippen MR) is 102 cm³/mol. The van der Waals surface area contributed by atoms with E-state index in [1.54, 1.807) is 12.4 Å². The van der Waals surface area contributed by atoms with Crippen molar-refractivity contribution in [2.45, 2.75) is 31.7 Å². The van der Waals surface area contributed by atoms with Gasteiger partial charge in [0.15, 0.2) is 0 Å². The van der Waals surface area contributed by atoms with Crippen molar-refractivity contribution in [2.75, 3.05) is 0 Å². The fraction of sp³-hybridized carbons (Fsp3) is 0.286. The first-order chi connectivity index (χ1) is 13.2. The van der Waals surface area contributed by atoms with Gasteiger partial charge >= 0.3 is 0 Å². The molecule has 0 aliphatic heterocycles. The van der Waals surface area contributed by atoms with E-state index in [9.17, 15) is 4.79 Å². The highest BCUT2D eigenvalue weighted by molar-refractivity contribution is 5.79. The average Bonchev–Trinajstić information content (AvgIpc) is 3.11. The predicted octanol–water partition coefficient (Wildman–Crippen LogP) is 4.08. The number of rotatable bonds is 5. The maximum absolute atomic E-state index is 12.4. The monoisotopic (exact) mass is 360 g/mol. The van der Waals surface area contributed by atoms with Crippen LogP contribution in [0.2, 0.25) is 0 Å². The maximum atomic E-state index is 12.4. The number of aromatic amines is 1. The van der Waals surface area contributed by atoms with Crippen molar-refractivity contribution in [3.8, 4) is 0 Å². The molecule has 3 heterocycles. The molecule has 27 heavy (non-hydrogen) atoms. The Bertz CT molecular complexity index is 1060. The van der Waals surface area contributed by atoms with Crippen LogP contribution < -0.4 is 5.32 Å². The molecule has 0 spiro atoms. The van der Waals surface area contributed by atoms with Crippen molar-refractivity contribution >= 4 is 27.9 Å². The van der Waals surface area contributed by atoms with Gasteiger partial charge in [-0.1, -0.05) is 12.1 Å². The van der Waals surface area contributed by atoms with Crippen LogP contribution in [0.25, 0.3) is 22.0 Å². The molecule has 3 atom stereocenters. The first-order valence-corrected chi connectivity index (χ1v) is 9.25. The molecule has 1 aliphatic rings. The number of imidazole rings is 1. The van der Waals surface area contributed by atoms with E-state index in [4.69, 9.17) is 4.42 Å². The van der Waals surface area contributed by atoms with Gasteiger partial charge in [0.05, 0.1) is 17.1 Å². The normalized spacial score (nSPS) is 20.0. The summed E-state index contributed by atoms with van der Waals surface area (Å²) in [4.78, 5) is 24.6. The zero-order chi connectivity index (χ0) is 18.4. The zero-order valence-electron chi connectivity index (χ0n) is 15.0. The third kappa shape index (κ3) is 3.07. The Morgan fingerprint density at radius 2 is 2.26 bits per heavy atom. The quantitative estimate of drug-likeness (QED) is 0.562. The summed E-state index contributed by atoms with van der Waals surface area (Å²) in [5, 5.41) is 3.99. The number of pyridine rings is 1. The molecule has 2 N–H and O–H groups in total. The second kappa shape index (κ2) is 6.23. The smallest absolute Gasteiger partial charge is 0.220 e. The number of amides is 1. The molecule has 6 nitrogen and oxygen atoms in total. The van der Waals surface area contributed by atoms with Crippen molar-refractivity contribution in [1.82, 2.24) is 20.3 Å². The summed E-state index contributed by atoms with van der Waals surface area (Å²) in [6, 6.07) is 11.6. The van der Waals surface area contributed by atoms with Crippen molar-refractivity contribution in [3.05, 3.63) is 60.4 Å². The minimum atomic E-state index is -0.173. The van der Waals surface area contributed by atoms with Gasteiger partial charge in [0.25, 0.3) is 0 Å². The SMILES string of the molecule is CC(NC(=O)C[C@@H]1C[C@@H]1c1nc2ccccc2[nH]1)c1cc2cnccc2o1. The lowest BCUT2D eigenvalue weighted by Crippen LogP contribution is -2.26. The Kier molecular flexibility index (Phi) is 3.70. The van der Waals surface area contributed by atoms with Crippen molar-refractivity contribution in [3.63, 3.8) is 0 Å². The summed E-state index contributed by atoms with van der Waals surface area (Å²) in [5.41, 5.74) is 2.82. The summed E-state index contributed by atoms with van der Waals surface area (Å²) in [6.07, 6.45) is 4.97. The number of hydrogen-bond acceptors (Lipinski definition) is 4. The minimum Gasteiger partial charge on any atom is -0.459 e. The highest BCUT2D eigenvalue weighted by Crippen LogP contribution is 2.48. The lowest BCUT2D eigenvalue weighted by molar-refractivity contribution is -0.122. The van der Waals surface area contributed by atoms with Gasteiger partial charge in [-0.25, -0.2) is 4.98 Å². The molecule has 1 amide bonds. The number of carbonyl (C=O) groups is 1. The molecule has 0 saturated heterocycles. The fourth-order valence-corrected chi connectivity index (χ4v) is 3.68.